The Labute approximate surface area is 91.6 Å². The van der Waals surface area contributed by atoms with Gasteiger partial charge in [0, 0.05) is 10.6 Å². The number of rotatable bonds is 2. The Kier molecular flexibility index (Phi) is 3.60. The van der Waals surface area contributed by atoms with Crippen LogP contribution in [0.5, 0.6) is 0 Å². The fourth-order valence-electron chi connectivity index (χ4n) is 0.992. The number of hydrogen-bond donors (Lipinski definition) is 0. The molecule has 0 amide bonds. The largest absolute Gasteiger partial charge is 0.291 e. The van der Waals surface area contributed by atoms with Crippen LogP contribution in [0.25, 0.3) is 0 Å². The van der Waals surface area contributed by atoms with Crippen LogP contribution in [0.15, 0.2) is 18.2 Å². The molecule has 0 N–H and O–H groups in total. The normalized spacial score (nSPS) is 10.5. The number of ketones is 1. The minimum absolute atomic E-state index is 0.316. The molecule has 0 aromatic heterocycles. The van der Waals surface area contributed by atoms with E-state index in [2.05, 4.69) is 0 Å². The lowest BCUT2D eigenvalue weighted by Crippen LogP contribution is -2.09. The highest BCUT2D eigenvalue weighted by Gasteiger charge is 2.16. The number of Topliss-reactive ketones (excluding diaryl/α,β-unsaturated/α-hetero) is 1. The monoisotopic (exact) mass is 236 g/mol. The molecule has 1 rings (SSSR count). The molecular formula is C9H7Cl3O. The summed E-state index contributed by atoms with van der Waals surface area (Å²) in [6, 6.07) is 5.06. The molecule has 0 aliphatic rings. The molecular weight excluding hydrogens is 230 g/mol. The zero-order chi connectivity index (χ0) is 10.0. The Morgan fingerprint density at radius 1 is 1.38 bits per heavy atom. The van der Waals surface area contributed by atoms with E-state index >= 15 is 0 Å². The van der Waals surface area contributed by atoms with Gasteiger partial charge in [-0.25, -0.2) is 0 Å². The van der Waals surface area contributed by atoms with Gasteiger partial charge in [0.1, 0.15) is 0 Å². The minimum Gasteiger partial charge on any atom is -0.291 e. The summed E-state index contributed by atoms with van der Waals surface area (Å²) in [5.74, 6) is -0.316. The summed E-state index contributed by atoms with van der Waals surface area (Å²) in [7, 11) is 0. The molecule has 1 aromatic carbocycles. The first-order valence-electron chi connectivity index (χ1n) is 3.61. The summed E-state index contributed by atoms with van der Waals surface area (Å²) in [5, 5.41) is 0.542. The molecule has 0 bridgehead atoms. The summed E-state index contributed by atoms with van der Waals surface area (Å²) < 4.78 is 0. The van der Waals surface area contributed by atoms with E-state index < -0.39 is 4.84 Å². The van der Waals surface area contributed by atoms with Gasteiger partial charge < -0.3 is 0 Å². The number of hydrogen-bond acceptors (Lipinski definition) is 1. The van der Waals surface area contributed by atoms with Crippen LogP contribution >= 0.6 is 34.8 Å². The zero-order valence-electron chi connectivity index (χ0n) is 6.85. The summed E-state index contributed by atoms with van der Waals surface area (Å²) in [4.78, 5) is 10.4. The predicted octanol–water partition coefficient (Wildman–Crippen LogP) is 3.63. The molecule has 70 valence electrons. The molecule has 1 aromatic rings. The Bertz CT molecular complexity index is 334. The standard InChI is InChI=1S/C9H7Cl3O/c1-5-6(8(13)9(11)12)3-2-4-7(5)10/h2-4,9H,1H3. The van der Waals surface area contributed by atoms with Crippen molar-refractivity contribution in [2.45, 2.75) is 11.8 Å². The Hall–Kier alpha value is -0.240. The molecule has 0 spiro atoms. The maximum Gasteiger partial charge on any atom is 0.195 e. The maximum atomic E-state index is 11.4. The van der Waals surface area contributed by atoms with E-state index in [0.717, 1.165) is 0 Å². The predicted molar refractivity (Wildman–Crippen MR) is 56.0 cm³/mol. The summed E-state index contributed by atoms with van der Waals surface area (Å²) in [6.45, 7) is 1.76. The van der Waals surface area contributed by atoms with E-state index in [1.807, 2.05) is 0 Å². The third-order valence-corrected chi connectivity index (χ3v) is 2.54. The second-order valence-corrected chi connectivity index (χ2v) is 4.08. The van der Waals surface area contributed by atoms with Crippen molar-refractivity contribution < 1.29 is 4.79 Å². The Balaban J connectivity index is 3.15. The van der Waals surface area contributed by atoms with Gasteiger partial charge in [-0.2, -0.15) is 0 Å². The van der Waals surface area contributed by atoms with Crippen LogP contribution in [-0.4, -0.2) is 10.6 Å². The van der Waals surface area contributed by atoms with Gasteiger partial charge in [-0.05, 0) is 18.6 Å². The highest BCUT2D eigenvalue weighted by molar-refractivity contribution is 6.55. The SMILES string of the molecule is Cc1c(Cl)cccc1C(=O)C(Cl)Cl. The van der Waals surface area contributed by atoms with Crippen LogP contribution in [0.1, 0.15) is 15.9 Å². The zero-order valence-corrected chi connectivity index (χ0v) is 9.12. The van der Waals surface area contributed by atoms with Crippen molar-refractivity contribution in [2.75, 3.05) is 0 Å². The van der Waals surface area contributed by atoms with Crippen molar-refractivity contribution in [3.05, 3.63) is 34.3 Å². The van der Waals surface area contributed by atoms with Crippen molar-refractivity contribution in [1.29, 1.82) is 0 Å². The van der Waals surface area contributed by atoms with Crippen molar-refractivity contribution in [3.63, 3.8) is 0 Å². The van der Waals surface area contributed by atoms with Crippen molar-refractivity contribution in [1.82, 2.24) is 0 Å². The molecule has 13 heavy (non-hydrogen) atoms. The quantitative estimate of drug-likeness (QED) is 0.567. The topological polar surface area (TPSA) is 17.1 Å². The molecule has 0 aliphatic carbocycles. The van der Waals surface area contributed by atoms with Crippen molar-refractivity contribution >= 4 is 40.6 Å². The highest BCUT2D eigenvalue weighted by atomic mass is 35.5. The average Bonchev–Trinajstić information content (AvgIpc) is 2.08. The molecule has 0 aliphatic heterocycles. The summed E-state index contributed by atoms with van der Waals surface area (Å²) >= 11 is 16.7. The van der Waals surface area contributed by atoms with Crippen LogP contribution < -0.4 is 0 Å². The number of carbonyl (C=O) groups excluding carboxylic acids is 1. The lowest BCUT2D eigenvalue weighted by atomic mass is 10.1. The summed E-state index contributed by atoms with van der Waals surface area (Å²) in [5.41, 5.74) is 1.18. The number of carbonyl (C=O) groups is 1. The van der Waals surface area contributed by atoms with E-state index in [1.54, 1.807) is 25.1 Å². The molecule has 0 unspecified atom stereocenters. The van der Waals surface area contributed by atoms with Crippen LogP contribution in [0, 0.1) is 6.92 Å². The van der Waals surface area contributed by atoms with E-state index in [9.17, 15) is 4.79 Å². The van der Waals surface area contributed by atoms with E-state index in [4.69, 9.17) is 34.8 Å². The molecule has 0 saturated carbocycles. The number of halogens is 3. The molecule has 1 nitrogen and oxygen atoms in total. The smallest absolute Gasteiger partial charge is 0.195 e. The van der Waals surface area contributed by atoms with E-state index in [1.165, 1.54) is 0 Å². The Morgan fingerprint density at radius 2 is 2.00 bits per heavy atom. The van der Waals surface area contributed by atoms with Crippen LogP contribution in [0.3, 0.4) is 0 Å². The molecule has 4 heteroatoms. The molecule has 0 heterocycles. The van der Waals surface area contributed by atoms with Gasteiger partial charge in [0.2, 0.25) is 0 Å². The number of benzene rings is 1. The third kappa shape index (κ3) is 2.37. The van der Waals surface area contributed by atoms with Gasteiger partial charge >= 0.3 is 0 Å². The van der Waals surface area contributed by atoms with E-state index in [0.29, 0.717) is 16.1 Å². The van der Waals surface area contributed by atoms with Gasteiger partial charge in [-0.3, -0.25) is 4.79 Å². The van der Waals surface area contributed by atoms with Crippen LogP contribution in [0.4, 0.5) is 0 Å². The maximum absolute atomic E-state index is 11.4. The van der Waals surface area contributed by atoms with Crippen LogP contribution in [-0.2, 0) is 0 Å². The lowest BCUT2D eigenvalue weighted by molar-refractivity contribution is 0.101. The first-order valence-corrected chi connectivity index (χ1v) is 4.86. The van der Waals surface area contributed by atoms with Gasteiger partial charge in [0.15, 0.2) is 10.6 Å². The van der Waals surface area contributed by atoms with Crippen molar-refractivity contribution in [2.24, 2.45) is 0 Å². The summed E-state index contributed by atoms with van der Waals surface area (Å²) in [6.07, 6.45) is 0. The molecule has 0 fully saturated rings. The van der Waals surface area contributed by atoms with Gasteiger partial charge in [0.05, 0.1) is 0 Å². The third-order valence-electron chi connectivity index (χ3n) is 1.73. The molecule has 0 saturated heterocycles. The first kappa shape index (κ1) is 10.8. The second kappa shape index (κ2) is 4.32. The second-order valence-electron chi connectivity index (χ2n) is 2.58. The molecule has 0 radical (unpaired) electrons. The minimum atomic E-state index is -1.03. The first-order chi connectivity index (χ1) is 6.04. The van der Waals surface area contributed by atoms with Gasteiger partial charge in [-0.1, -0.05) is 46.9 Å². The molecule has 0 atom stereocenters. The van der Waals surface area contributed by atoms with E-state index in [-0.39, 0.29) is 5.78 Å². The van der Waals surface area contributed by atoms with Crippen molar-refractivity contribution in [3.8, 4) is 0 Å². The number of alkyl halides is 2. The highest BCUT2D eigenvalue weighted by Crippen LogP contribution is 2.21. The fourth-order valence-corrected chi connectivity index (χ4v) is 1.40. The lowest BCUT2D eigenvalue weighted by Gasteiger charge is -2.06. The Morgan fingerprint density at radius 3 is 2.54 bits per heavy atom. The van der Waals surface area contributed by atoms with Crippen LogP contribution in [0.2, 0.25) is 5.02 Å². The average molecular weight is 238 g/mol. The van der Waals surface area contributed by atoms with Gasteiger partial charge in [-0.15, -0.1) is 0 Å². The van der Waals surface area contributed by atoms with Gasteiger partial charge in [0.25, 0.3) is 0 Å². The fraction of sp³-hybridized carbons (Fsp3) is 0.222.